The first-order valence-corrected chi connectivity index (χ1v) is 7.65. The zero-order valence-corrected chi connectivity index (χ0v) is 12.7. The topological polar surface area (TPSA) is 81.9 Å². The van der Waals surface area contributed by atoms with Crippen molar-refractivity contribution in [1.82, 2.24) is 14.9 Å². The van der Waals surface area contributed by atoms with E-state index in [2.05, 4.69) is 21.4 Å². The lowest BCUT2D eigenvalue weighted by molar-refractivity contribution is 0.0718. The van der Waals surface area contributed by atoms with Crippen LogP contribution in [0, 0.1) is 11.3 Å². The Bertz CT molecular complexity index is 747. The molecule has 6 heteroatoms. The number of anilines is 2. The van der Waals surface area contributed by atoms with E-state index in [0.29, 0.717) is 17.1 Å². The summed E-state index contributed by atoms with van der Waals surface area (Å²) < 4.78 is 0. The maximum Gasteiger partial charge on any atom is 0.272 e. The van der Waals surface area contributed by atoms with Crippen LogP contribution in [0.1, 0.15) is 35.3 Å². The minimum Gasteiger partial charge on any atom is -0.340 e. The molecule has 1 aromatic carbocycles. The molecule has 1 fully saturated rings. The van der Waals surface area contributed by atoms with Gasteiger partial charge in [0.1, 0.15) is 17.8 Å². The van der Waals surface area contributed by atoms with Crippen molar-refractivity contribution in [2.24, 2.45) is 0 Å². The van der Waals surface area contributed by atoms with Gasteiger partial charge in [0.2, 0.25) is 0 Å². The molecule has 0 spiro atoms. The molecule has 1 aliphatic rings. The third-order valence-electron chi connectivity index (χ3n) is 3.79. The second-order valence-electron chi connectivity index (χ2n) is 5.46. The first kappa shape index (κ1) is 15.0. The minimum absolute atomic E-state index is 0.0547. The van der Waals surface area contributed by atoms with Crippen molar-refractivity contribution in [1.29, 1.82) is 5.26 Å². The second-order valence-corrected chi connectivity index (χ2v) is 5.46. The number of rotatable bonds is 3. The van der Waals surface area contributed by atoms with Crippen LogP contribution in [0.4, 0.5) is 11.5 Å². The minimum atomic E-state index is -0.0547. The maximum atomic E-state index is 12.5. The van der Waals surface area contributed by atoms with Gasteiger partial charge < -0.3 is 10.2 Å². The van der Waals surface area contributed by atoms with Gasteiger partial charge in [0.25, 0.3) is 5.91 Å². The van der Waals surface area contributed by atoms with Gasteiger partial charge in [-0.25, -0.2) is 9.97 Å². The fraction of sp³-hybridized carbons (Fsp3) is 0.294. The molecule has 1 aromatic heterocycles. The highest BCUT2D eigenvalue weighted by molar-refractivity contribution is 5.93. The van der Waals surface area contributed by atoms with Crippen molar-refractivity contribution in [3.05, 3.63) is 47.9 Å². The van der Waals surface area contributed by atoms with E-state index in [9.17, 15) is 4.79 Å². The van der Waals surface area contributed by atoms with Gasteiger partial charge in [-0.3, -0.25) is 4.79 Å². The van der Waals surface area contributed by atoms with Crippen molar-refractivity contribution in [3.8, 4) is 6.07 Å². The molecular weight excluding hydrogens is 290 g/mol. The lowest BCUT2D eigenvalue weighted by Gasteiger charge is -2.26. The molecule has 1 saturated heterocycles. The first-order valence-electron chi connectivity index (χ1n) is 7.65. The van der Waals surface area contributed by atoms with Gasteiger partial charge in [-0.15, -0.1) is 0 Å². The summed E-state index contributed by atoms with van der Waals surface area (Å²) in [7, 11) is 0. The summed E-state index contributed by atoms with van der Waals surface area (Å²) in [5, 5.41) is 12.0. The first-order chi connectivity index (χ1) is 11.3. The summed E-state index contributed by atoms with van der Waals surface area (Å²) in [6.45, 7) is 1.58. The average Bonchev–Trinajstić information content (AvgIpc) is 2.62. The number of aromatic nitrogens is 2. The SMILES string of the molecule is N#Cc1cccc(Nc2cc(C(=O)N3CCCCC3)ncn2)c1. The van der Waals surface area contributed by atoms with Gasteiger partial charge in [0.05, 0.1) is 11.6 Å². The Hall–Kier alpha value is -2.94. The number of nitriles is 1. The van der Waals surface area contributed by atoms with Crippen LogP contribution in [0.25, 0.3) is 0 Å². The van der Waals surface area contributed by atoms with Crippen molar-refractivity contribution < 1.29 is 4.79 Å². The summed E-state index contributed by atoms with van der Waals surface area (Å²) in [5.41, 5.74) is 1.70. The molecule has 0 radical (unpaired) electrons. The number of carbonyl (C=O) groups is 1. The van der Waals surface area contributed by atoms with Gasteiger partial charge >= 0.3 is 0 Å². The van der Waals surface area contributed by atoms with Gasteiger partial charge in [-0.1, -0.05) is 6.07 Å². The van der Waals surface area contributed by atoms with Crippen LogP contribution in [0.2, 0.25) is 0 Å². The number of nitrogens with zero attached hydrogens (tertiary/aromatic N) is 4. The van der Waals surface area contributed by atoms with Crippen molar-refractivity contribution in [2.75, 3.05) is 18.4 Å². The fourth-order valence-electron chi connectivity index (χ4n) is 2.62. The van der Waals surface area contributed by atoms with Crippen LogP contribution >= 0.6 is 0 Å². The lowest BCUT2D eigenvalue weighted by Crippen LogP contribution is -2.36. The van der Waals surface area contributed by atoms with Crippen LogP contribution in [0.5, 0.6) is 0 Å². The Morgan fingerprint density at radius 1 is 1.17 bits per heavy atom. The monoisotopic (exact) mass is 307 g/mol. The van der Waals surface area contributed by atoms with Gasteiger partial charge in [0, 0.05) is 24.8 Å². The average molecular weight is 307 g/mol. The number of hydrogen-bond acceptors (Lipinski definition) is 5. The smallest absolute Gasteiger partial charge is 0.272 e. The van der Waals surface area contributed by atoms with E-state index in [1.165, 1.54) is 12.7 Å². The molecule has 1 amide bonds. The molecule has 116 valence electrons. The van der Waals surface area contributed by atoms with Crippen molar-refractivity contribution in [3.63, 3.8) is 0 Å². The van der Waals surface area contributed by atoms with Crippen LogP contribution < -0.4 is 5.32 Å². The number of piperidine rings is 1. The Morgan fingerprint density at radius 3 is 2.78 bits per heavy atom. The molecule has 1 N–H and O–H groups in total. The number of amides is 1. The molecule has 0 atom stereocenters. The van der Waals surface area contributed by atoms with Gasteiger partial charge in [0.15, 0.2) is 0 Å². The van der Waals surface area contributed by atoms with E-state index in [1.807, 2.05) is 11.0 Å². The molecule has 0 saturated carbocycles. The predicted molar refractivity (Wildman–Crippen MR) is 86.2 cm³/mol. The Balaban J connectivity index is 1.76. The summed E-state index contributed by atoms with van der Waals surface area (Å²) in [6.07, 6.45) is 4.65. The molecular formula is C17H17N5O. The second kappa shape index (κ2) is 6.88. The molecule has 6 nitrogen and oxygen atoms in total. The molecule has 23 heavy (non-hydrogen) atoms. The summed E-state index contributed by atoms with van der Waals surface area (Å²) in [5.74, 6) is 0.483. The highest BCUT2D eigenvalue weighted by atomic mass is 16.2. The normalized spacial score (nSPS) is 14.1. The van der Waals surface area contributed by atoms with E-state index in [0.717, 1.165) is 31.6 Å². The maximum absolute atomic E-state index is 12.5. The van der Waals surface area contributed by atoms with Crippen molar-refractivity contribution in [2.45, 2.75) is 19.3 Å². The van der Waals surface area contributed by atoms with Crippen LogP contribution in [0.15, 0.2) is 36.7 Å². The Morgan fingerprint density at radius 2 is 2.00 bits per heavy atom. The summed E-state index contributed by atoms with van der Waals surface area (Å²) in [6, 6.07) is 10.8. The van der Waals surface area contributed by atoms with E-state index in [1.54, 1.807) is 24.3 Å². The number of carbonyl (C=O) groups excluding carboxylic acids is 1. The van der Waals surface area contributed by atoms with E-state index in [4.69, 9.17) is 5.26 Å². The third kappa shape index (κ3) is 3.64. The fourth-order valence-corrected chi connectivity index (χ4v) is 2.62. The Labute approximate surface area is 134 Å². The standard InChI is InChI=1S/C17H17N5O/c18-11-13-5-4-6-14(9-13)21-16-10-15(19-12-20-16)17(23)22-7-2-1-3-8-22/h4-6,9-10,12H,1-3,7-8H2,(H,19,20,21). The predicted octanol–water partition coefficient (Wildman–Crippen LogP) is 2.72. The number of nitrogens with one attached hydrogen (secondary N) is 1. The number of hydrogen-bond donors (Lipinski definition) is 1. The quantitative estimate of drug-likeness (QED) is 0.942. The zero-order chi connectivity index (χ0) is 16.1. The molecule has 0 bridgehead atoms. The zero-order valence-electron chi connectivity index (χ0n) is 12.7. The van der Waals surface area contributed by atoms with Gasteiger partial charge in [-0.05, 0) is 37.5 Å². The summed E-state index contributed by atoms with van der Waals surface area (Å²) in [4.78, 5) is 22.5. The molecule has 2 heterocycles. The van der Waals surface area contributed by atoms with E-state index in [-0.39, 0.29) is 5.91 Å². The van der Waals surface area contributed by atoms with Crippen LogP contribution in [-0.2, 0) is 0 Å². The van der Waals surface area contributed by atoms with Gasteiger partial charge in [-0.2, -0.15) is 5.26 Å². The van der Waals surface area contributed by atoms with Crippen LogP contribution in [-0.4, -0.2) is 33.9 Å². The van der Waals surface area contributed by atoms with Crippen LogP contribution in [0.3, 0.4) is 0 Å². The molecule has 1 aliphatic heterocycles. The van der Waals surface area contributed by atoms with Crippen molar-refractivity contribution >= 4 is 17.4 Å². The highest BCUT2D eigenvalue weighted by Crippen LogP contribution is 2.17. The largest absolute Gasteiger partial charge is 0.340 e. The van der Waals surface area contributed by atoms with E-state index < -0.39 is 0 Å². The molecule has 0 unspecified atom stereocenters. The third-order valence-corrected chi connectivity index (χ3v) is 3.79. The Kier molecular flexibility index (Phi) is 4.48. The molecule has 2 aromatic rings. The summed E-state index contributed by atoms with van der Waals surface area (Å²) >= 11 is 0. The molecule has 0 aliphatic carbocycles. The number of likely N-dealkylation sites (tertiary alicyclic amines) is 1. The lowest BCUT2D eigenvalue weighted by atomic mass is 10.1. The highest BCUT2D eigenvalue weighted by Gasteiger charge is 2.19. The number of benzene rings is 1. The molecule has 3 rings (SSSR count). The van der Waals surface area contributed by atoms with E-state index >= 15 is 0 Å².